The number of ether oxygens (including phenoxy) is 1. The first-order valence-corrected chi connectivity index (χ1v) is 6.45. The highest BCUT2D eigenvalue weighted by atomic mass is 19.1. The third-order valence-corrected chi connectivity index (χ3v) is 3.61. The molecule has 3 nitrogen and oxygen atoms in total. The van der Waals surface area contributed by atoms with Gasteiger partial charge in [0.15, 0.2) is 0 Å². The van der Waals surface area contributed by atoms with E-state index in [1.165, 1.54) is 6.07 Å². The Bertz CT molecular complexity index is 397. The van der Waals surface area contributed by atoms with E-state index in [1.807, 2.05) is 26.0 Å². The third kappa shape index (κ3) is 2.88. The van der Waals surface area contributed by atoms with Crippen molar-refractivity contribution >= 4 is 0 Å². The lowest BCUT2D eigenvalue weighted by Crippen LogP contribution is -2.50. The Morgan fingerprint density at radius 2 is 2.11 bits per heavy atom. The molecule has 1 heterocycles. The topological polar surface area (TPSA) is 38.5 Å². The first-order chi connectivity index (χ1) is 8.59. The average molecular weight is 252 g/mol. The van der Waals surface area contributed by atoms with Gasteiger partial charge in [-0.25, -0.2) is 4.39 Å². The summed E-state index contributed by atoms with van der Waals surface area (Å²) in [4.78, 5) is 2.23. The van der Waals surface area contributed by atoms with E-state index in [1.54, 1.807) is 6.07 Å². The van der Waals surface area contributed by atoms with E-state index >= 15 is 0 Å². The number of nitrogens with two attached hydrogens (primary N) is 1. The molecule has 1 aliphatic heterocycles. The zero-order valence-corrected chi connectivity index (χ0v) is 11.0. The van der Waals surface area contributed by atoms with Crippen molar-refractivity contribution in [3.05, 3.63) is 35.6 Å². The van der Waals surface area contributed by atoms with E-state index in [2.05, 4.69) is 4.90 Å². The quantitative estimate of drug-likeness (QED) is 0.893. The predicted octanol–water partition coefficient (Wildman–Crippen LogP) is 1.93. The van der Waals surface area contributed by atoms with Crippen LogP contribution in [-0.4, -0.2) is 36.7 Å². The minimum atomic E-state index is -0.145. The lowest BCUT2D eigenvalue weighted by molar-refractivity contribution is -0.0502. The Morgan fingerprint density at radius 3 is 2.78 bits per heavy atom. The number of morpholine rings is 1. The number of hydrogen-bond acceptors (Lipinski definition) is 3. The highest BCUT2D eigenvalue weighted by Gasteiger charge is 2.27. The summed E-state index contributed by atoms with van der Waals surface area (Å²) in [6.07, 6.45) is 0.0352. The third-order valence-electron chi connectivity index (χ3n) is 3.61. The second-order valence-corrected chi connectivity index (χ2v) is 4.96. The van der Waals surface area contributed by atoms with Crippen molar-refractivity contribution in [3.8, 4) is 0 Å². The van der Waals surface area contributed by atoms with Crippen molar-refractivity contribution in [1.29, 1.82) is 0 Å². The molecule has 0 bridgehead atoms. The molecule has 0 saturated carbocycles. The maximum atomic E-state index is 13.8. The van der Waals surface area contributed by atoms with Crippen LogP contribution in [0.1, 0.15) is 25.5 Å². The second kappa shape index (κ2) is 5.78. The maximum absolute atomic E-state index is 13.8. The van der Waals surface area contributed by atoms with Crippen LogP contribution in [0.4, 0.5) is 4.39 Å². The van der Waals surface area contributed by atoms with E-state index in [9.17, 15) is 4.39 Å². The summed E-state index contributed by atoms with van der Waals surface area (Å²) < 4.78 is 19.4. The molecule has 1 saturated heterocycles. The monoisotopic (exact) mass is 252 g/mol. The molecular weight excluding hydrogens is 231 g/mol. The fourth-order valence-electron chi connectivity index (χ4n) is 2.38. The van der Waals surface area contributed by atoms with Crippen molar-refractivity contribution in [2.24, 2.45) is 5.73 Å². The molecule has 1 aliphatic rings. The highest BCUT2D eigenvalue weighted by Crippen LogP contribution is 2.25. The van der Waals surface area contributed by atoms with Crippen molar-refractivity contribution in [2.75, 3.05) is 19.7 Å². The van der Waals surface area contributed by atoms with Gasteiger partial charge in [-0.3, -0.25) is 4.90 Å². The van der Waals surface area contributed by atoms with Crippen LogP contribution in [-0.2, 0) is 4.74 Å². The van der Waals surface area contributed by atoms with Gasteiger partial charge < -0.3 is 10.5 Å². The predicted molar refractivity (Wildman–Crippen MR) is 69.8 cm³/mol. The molecule has 0 radical (unpaired) electrons. The minimum absolute atomic E-state index is 0.000574. The van der Waals surface area contributed by atoms with Crippen LogP contribution >= 0.6 is 0 Å². The van der Waals surface area contributed by atoms with Crippen LogP contribution in [0.2, 0.25) is 0 Å². The summed E-state index contributed by atoms with van der Waals surface area (Å²) in [6, 6.07) is 7.00. The molecule has 1 aromatic rings. The van der Waals surface area contributed by atoms with Gasteiger partial charge in [-0.1, -0.05) is 18.2 Å². The SMILES string of the molecule is CC(N)C1CN(C(C)c2ccccc2F)CCO1. The summed E-state index contributed by atoms with van der Waals surface area (Å²) >= 11 is 0. The largest absolute Gasteiger partial charge is 0.374 e. The molecule has 100 valence electrons. The molecule has 2 rings (SSSR count). The summed E-state index contributed by atoms with van der Waals surface area (Å²) in [5.74, 6) is -0.145. The summed E-state index contributed by atoms with van der Waals surface area (Å²) in [5, 5.41) is 0. The van der Waals surface area contributed by atoms with E-state index in [0.717, 1.165) is 18.7 Å². The van der Waals surface area contributed by atoms with Crippen LogP contribution in [0, 0.1) is 5.82 Å². The first-order valence-electron chi connectivity index (χ1n) is 6.45. The van der Waals surface area contributed by atoms with Gasteiger partial charge in [0.25, 0.3) is 0 Å². The minimum Gasteiger partial charge on any atom is -0.374 e. The molecule has 0 aliphatic carbocycles. The molecule has 2 N–H and O–H groups in total. The molecule has 18 heavy (non-hydrogen) atoms. The van der Waals surface area contributed by atoms with Gasteiger partial charge in [0.1, 0.15) is 5.82 Å². The van der Waals surface area contributed by atoms with Gasteiger partial charge in [0.2, 0.25) is 0 Å². The molecule has 4 heteroatoms. The molecule has 0 spiro atoms. The lowest BCUT2D eigenvalue weighted by Gasteiger charge is -2.38. The summed E-state index contributed by atoms with van der Waals surface area (Å²) in [7, 11) is 0. The Balaban J connectivity index is 2.09. The number of halogens is 1. The lowest BCUT2D eigenvalue weighted by atomic mass is 10.0. The van der Waals surface area contributed by atoms with E-state index in [4.69, 9.17) is 10.5 Å². The van der Waals surface area contributed by atoms with Gasteiger partial charge in [-0.05, 0) is 19.9 Å². The normalized spacial score (nSPS) is 24.8. The molecule has 0 amide bonds. The maximum Gasteiger partial charge on any atom is 0.127 e. The smallest absolute Gasteiger partial charge is 0.127 e. The number of nitrogens with zero attached hydrogens (tertiary/aromatic N) is 1. The van der Waals surface area contributed by atoms with Crippen LogP contribution in [0.3, 0.4) is 0 Å². The zero-order valence-electron chi connectivity index (χ0n) is 11.0. The Hall–Kier alpha value is -0.970. The molecule has 0 aromatic heterocycles. The molecule has 1 aromatic carbocycles. The fourth-order valence-corrected chi connectivity index (χ4v) is 2.38. The second-order valence-electron chi connectivity index (χ2n) is 4.96. The van der Waals surface area contributed by atoms with Crippen molar-refractivity contribution in [3.63, 3.8) is 0 Å². The van der Waals surface area contributed by atoms with Gasteiger partial charge in [-0.2, -0.15) is 0 Å². The Kier molecular flexibility index (Phi) is 4.32. The van der Waals surface area contributed by atoms with E-state index < -0.39 is 0 Å². The summed E-state index contributed by atoms with van der Waals surface area (Å²) in [6.45, 7) is 6.21. The average Bonchev–Trinajstić information content (AvgIpc) is 2.38. The number of hydrogen-bond donors (Lipinski definition) is 1. The molecular formula is C14H21FN2O. The van der Waals surface area contributed by atoms with Crippen molar-refractivity contribution in [1.82, 2.24) is 4.90 Å². The van der Waals surface area contributed by atoms with Gasteiger partial charge in [0, 0.05) is 30.7 Å². The van der Waals surface area contributed by atoms with Crippen LogP contribution in [0.15, 0.2) is 24.3 Å². The number of rotatable bonds is 3. The van der Waals surface area contributed by atoms with Crippen LogP contribution in [0.25, 0.3) is 0 Å². The zero-order chi connectivity index (χ0) is 13.1. The number of benzene rings is 1. The van der Waals surface area contributed by atoms with Crippen LogP contribution < -0.4 is 5.73 Å². The van der Waals surface area contributed by atoms with Gasteiger partial charge >= 0.3 is 0 Å². The van der Waals surface area contributed by atoms with E-state index in [-0.39, 0.29) is 24.0 Å². The van der Waals surface area contributed by atoms with E-state index in [0.29, 0.717) is 6.61 Å². The van der Waals surface area contributed by atoms with Crippen LogP contribution in [0.5, 0.6) is 0 Å². The standard InChI is InChI=1S/C14H21FN2O/c1-10(16)14-9-17(7-8-18-14)11(2)12-5-3-4-6-13(12)15/h3-6,10-11,14H,7-9,16H2,1-2H3. The summed E-state index contributed by atoms with van der Waals surface area (Å²) in [5.41, 5.74) is 6.61. The Morgan fingerprint density at radius 1 is 1.39 bits per heavy atom. The van der Waals surface area contributed by atoms with Crippen molar-refractivity contribution in [2.45, 2.75) is 32.0 Å². The molecule has 3 unspecified atom stereocenters. The van der Waals surface area contributed by atoms with Crippen molar-refractivity contribution < 1.29 is 9.13 Å². The Labute approximate surface area is 108 Å². The van der Waals surface area contributed by atoms with Gasteiger partial charge in [0.05, 0.1) is 12.7 Å². The fraction of sp³-hybridized carbons (Fsp3) is 0.571. The van der Waals surface area contributed by atoms with Gasteiger partial charge in [-0.15, -0.1) is 0 Å². The first kappa shape index (κ1) is 13.5. The molecule has 3 atom stereocenters. The highest BCUT2D eigenvalue weighted by molar-refractivity contribution is 5.20. The molecule has 1 fully saturated rings.